The van der Waals surface area contributed by atoms with E-state index in [1.54, 1.807) is 29.2 Å². The SMILES string of the molecule is O=C(Nc1cc(C2CC2)[nH]n1)c1ccc(-n2ccnn2)cc1. The number of aromatic amines is 1. The van der Waals surface area contributed by atoms with Crippen molar-refractivity contribution < 1.29 is 4.79 Å². The molecule has 1 aromatic carbocycles. The highest BCUT2D eigenvalue weighted by Crippen LogP contribution is 2.39. The van der Waals surface area contributed by atoms with Crippen LogP contribution < -0.4 is 5.32 Å². The minimum atomic E-state index is -0.181. The first kappa shape index (κ1) is 12.8. The number of H-pyrrole nitrogens is 1. The van der Waals surface area contributed by atoms with Crippen LogP contribution in [0.2, 0.25) is 0 Å². The lowest BCUT2D eigenvalue weighted by Gasteiger charge is -2.04. The fourth-order valence-corrected chi connectivity index (χ4v) is 2.30. The molecule has 7 nitrogen and oxygen atoms in total. The van der Waals surface area contributed by atoms with E-state index in [-0.39, 0.29) is 5.91 Å². The van der Waals surface area contributed by atoms with Gasteiger partial charge in [0.1, 0.15) is 0 Å². The third kappa shape index (κ3) is 2.48. The maximum absolute atomic E-state index is 12.2. The van der Waals surface area contributed by atoms with Crippen LogP contribution in [0, 0.1) is 0 Å². The Hall–Kier alpha value is -2.96. The molecule has 0 saturated heterocycles. The number of nitrogens with one attached hydrogen (secondary N) is 2. The molecule has 110 valence electrons. The van der Waals surface area contributed by atoms with Crippen molar-refractivity contribution >= 4 is 11.7 Å². The second kappa shape index (κ2) is 5.10. The van der Waals surface area contributed by atoms with Gasteiger partial charge in [-0.3, -0.25) is 9.89 Å². The molecule has 2 aromatic heterocycles. The van der Waals surface area contributed by atoms with Crippen molar-refractivity contribution in [1.82, 2.24) is 25.2 Å². The van der Waals surface area contributed by atoms with E-state index in [0.717, 1.165) is 11.4 Å². The Labute approximate surface area is 126 Å². The van der Waals surface area contributed by atoms with E-state index >= 15 is 0 Å². The molecule has 1 aliphatic rings. The number of benzene rings is 1. The van der Waals surface area contributed by atoms with Gasteiger partial charge in [-0.25, -0.2) is 4.68 Å². The molecule has 1 fully saturated rings. The van der Waals surface area contributed by atoms with Crippen molar-refractivity contribution in [2.75, 3.05) is 5.32 Å². The van der Waals surface area contributed by atoms with Gasteiger partial charge in [0.25, 0.3) is 5.91 Å². The zero-order valence-electron chi connectivity index (χ0n) is 11.7. The lowest BCUT2D eigenvalue weighted by atomic mass is 10.2. The van der Waals surface area contributed by atoms with Crippen LogP contribution in [0.15, 0.2) is 42.7 Å². The van der Waals surface area contributed by atoms with Gasteiger partial charge in [-0.15, -0.1) is 5.10 Å². The van der Waals surface area contributed by atoms with Crippen molar-refractivity contribution in [3.63, 3.8) is 0 Å². The van der Waals surface area contributed by atoms with Gasteiger partial charge in [0.2, 0.25) is 0 Å². The molecule has 1 saturated carbocycles. The van der Waals surface area contributed by atoms with Gasteiger partial charge < -0.3 is 5.32 Å². The Kier molecular flexibility index (Phi) is 2.96. The monoisotopic (exact) mass is 294 g/mol. The molecule has 0 aliphatic heterocycles. The normalized spacial score (nSPS) is 14.0. The summed E-state index contributed by atoms with van der Waals surface area (Å²) in [5.41, 5.74) is 2.52. The number of amides is 1. The van der Waals surface area contributed by atoms with Crippen molar-refractivity contribution in [1.29, 1.82) is 0 Å². The van der Waals surface area contributed by atoms with Crippen molar-refractivity contribution in [3.8, 4) is 5.69 Å². The van der Waals surface area contributed by atoms with Crippen LogP contribution in [0.5, 0.6) is 0 Å². The summed E-state index contributed by atoms with van der Waals surface area (Å²) in [5.74, 6) is 0.964. The minimum absolute atomic E-state index is 0.181. The Balaban J connectivity index is 1.47. The summed E-state index contributed by atoms with van der Waals surface area (Å²) in [4.78, 5) is 12.2. The smallest absolute Gasteiger partial charge is 0.256 e. The van der Waals surface area contributed by atoms with Gasteiger partial charge in [0.15, 0.2) is 5.82 Å². The molecule has 4 rings (SSSR count). The second-order valence-corrected chi connectivity index (χ2v) is 5.33. The van der Waals surface area contributed by atoms with Crippen LogP contribution in [-0.4, -0.2) is 31.1 Å². The minimum Gasteiger partial charge on any atom is -0.305 e. The summed E-state index contributed by atoms with van der Waals surface area (Å²) in [6.07, 6.45) is 5.74. The van der Waals surface area contributed by atoms with E-state index < -0.39 is 0 Å². The van der Waals surface area contributed by atoms with Gasteiger partial charge in [-0.05, 0) is 37.1 Å². The third-order valence-electron chi connectivity index (χ3n) is 3.67. The topological polar surface area (TPSA) is 88.5 Å². The van der Waals surface area contributed by atoms with Crippen molar-refractivity contribution in [2.45, 2.75) is 18.8 Å². The van der Waals surface area contributed by atoms with E-state index in [0.29, 0.717) is 17.3 Å². The third-order valence-corrected chi connectivity index (χ3v) is 3.67. The molecule has 2 heterocycles. The van der Waals surface area contributed by atoms with Crippen LogP contribution >= 0.6 is 0 Å². The van der Waals surface area contributed by atoms with E-state index in [1.807, 2.05) is 18.2 Å². The Bertz CT molecular complexity index is 786. The number of rotatable bonds is 4. The van der Waals surface area contributed by atoms with E-state index in [4.69, 9.17) is 0 Å². The molecular weight excluding hydrogens is 280 g/mol. The number of aromatic nitrogens is 5. The van der Waals surface area contributed by atoms with Gasteiger partial charge in [-0.1, -0.05) is 5.21 Å². The first-order valence-electron chi connectivity index (χ1n) is 7.13. The molecule has 2 N–H and O–H groups in total. The lowest BCUT2D eigenvalue weighted by Crippen LogP contribution is -2.12. The molecular formula is C15H14N6O. The standard InChI is InChI=1S/C15H14N6O/c22-15(17-14-9-13(18-19-14)10-1-2-10)11-3-5-12(6-4-11)21-8-7-16-20-21/h3-10H,1-2H2,(H2,17,18,19,22). The molecule has 3 aromatic rings. The quantitative estimate of drug-likeness (QED) is 0.771. The number of hydrogen-bond donors (Lipinski definition) is 2. The molecule has 0 atom stereocenters. The number of carbonyl (C=O) groups is 1. The predicted octanol–water partition coefficient (Wildman–Crippen LogP) is 2.12. The van der Waals surface area contributed by atoms with Crippen LogP contribution in [0.3, 0.4) is 0 Å². The van der Waals surface area contributed by atoms with Crippen molar-refractivity contribution in [2.24, 2.45) is 0 Å². The fourth-order valence-electron chi connectivity index (χ4n) is 2.30. The van der Waals surface area contributed by atoms with Gasteiger partial charge in [0.05, 0.1) is 18.1 Å². The molecule has 1 amide bonds. The van der Waals surface area contributed by atoms with Crippen LogP contribution in [-0.2, 0) is 0 Å². The summed E-state index contributed by atoms with van der Waals surface area (Å²) >= 11 is 0. The van der Waals surface area contributed by atoms with Crippen LogP contribution in [0.25, 0.3) is 5.69 Å². The van der Waals surface area contributed by atoms with Gasteiger partial charge in [0, 0.05) is 23.2 Å². The fraction of sp³-hybridized carbons (Fsp3) is 0.200. The maximum Gasteiger partial charge on any atom is 0.256 e. The highest BCUT2D eigenvalue weighted by Gasteiger charge is 2.25. The summed E-state index contributed by atoms with van der Waals surface area (Å²) < 4.78 is 1.64. The molecule has 0 bridgehead atoms. The van der Waals surface area contributed by atoms with Crippen LogP contribution in [0.4, 0.5) is 5.82 Å². The average Bonchev–Trinajstić information content (AvgIpc) is 3.06. The lowest BCUT2D eigenvalue weighted by molar-refractivity contribution is 0.102. The number of nitrogens with zero attached hydrogens (tertiary/aromatic N) is 4. The number of anilines is 1. The zero-order valence-corrected chi connectivity index (χ0v) is 11.7. The first-order chi connectivity index (χ1) is 10.8. The van der Waals surface area contributed by atoms with E-state index in [9.17, 15) is 4.79 Å². The molecule has 7 heteroatoms. The zero-order chi connectivity index (χ0) is 14.9. The van der Waals surface area contributed by atoms with Gasteiger partial charge >= 0.3 is 0 Å². The Morgan fingerprint density at radius 2 is 2.09 bits per heavy atom. The molecule has 1 aliphatic carbocycles. The highest BCUT2D eigenvalue weighted by molar-refractivity contribution is 6.03. The highest BCUT2D eigenvalue weighted by atomic mass is 16.1. The van der Waals surface area contributed by atoms with Crippen LogP contribution in [0.1, 0.15) is 34.8 Å². The summed E-state index contributed by atoms with van der Waals surface area (Å²) in [6, 6.07) is 9.05. The molecule has 22 heavy (non-hydrogen) atoms. The summed E-state index contributed by atoms with van der Waals surface area (Å²) in [5, 5.41) is 17.6. The molecule has 0 radical (unpaired) electrons. The Morgan fingerprint density at radius 3 is 2.77 bits per heavy atom. The Morgan fingerprint density at radius 1 is 1.27 bits per heavy atom. The van der Waals surface area contributed by atoms with E-state index in [1.165, 1.54) is 12.8 Å². The maximum atomic E-state index is 12.2. The van der Waals surface area contributed by atoms with E-state index in [2.05, 4.69) is 25.8 Å². The molecule has 0 unspecified atom stereocenters. The van der Waals surface area contributed by atoms with Crippen molar-refractivity contribution in [3.05, 3.63) is 54.0 Å². The largest absolute Gasteiger partial charge is 0.305 e. The molecule has 0 spiro atoms. The first-order valence-corrected chi connectivity index (χ1v) is 7.13. The summed E-state index contributed by atoms with van der Waals surface area (Å²) in [7, 11) is 0. The second-order valence-electron chi connectivity index (χ2n) is 5.33. The average molecular weight is 294 g/mol. The van der Waals surface area contributed by atoms with Gasteiger partial charge in [-0.2, -0.15) is 5.10 Å². The number of hydrogen-bond acceptors (Lipinski definition) is 4. The summed E-state index contributed by atoms with van der Waals surface area (Å²) in [6.45, 7) is 0. The predicted molar refractivity (Wildman–Crippen MR) is 79.9 cm³/mol. The number of carbonyl (C=O) groups excluding carboxylic acids is 1.